The third-order valence-electron chi connectivity index (χ3n) is 2.98. The van der Waals surface area contributed by atoms with Crippen LogP contribution in [0, 0.1) is 0 Å². The minimum atomic E-state index is 0.384. The molecule has 1 N–H and O–H groups in total. The molecule has 0 aliphatic carbocycles. The molecule has 2 heterocycles. The molecule has 1 aromatic rings. The maximum Gasteiger partial charge on any atom is 0.0795 e. The van der Waals surface area contributed by atoms with Crippen LogP contribution in [-0.4, -0.2) is 22.0 Å². The highest BCUT2D eigenvalue weighted by atomic mass is 32.2. The molecular weight excluding hydrogens is 224 g/mol. The average Bonchev–Trinajstić information content (AvgIpc) is 2.85. The molecule has 2 unspecified atom stereocenters. The molecule has 1 aliphatic heterocycles. The molecule has 0 spiro atoms. The SMILES string of the molecule is CC(NCC1(C)CCCS1)c1cscn1. The Kier molecular flexibility index (Phi) is 3.69. The van der Waals surface area contributed by atoms with Crippen LogP contribution >= 0.6 is 23.1 Å². The predicted octanol–water partition coefficient (Wildman–Crippen LogP) is 3.08. The number of thiazole rings is 1. The summed E-state index contributed by atoms with van der Waals surface area (Å²) in [4.78, 5) is 4.33. The summed E-state index contributed by atoms with van der Waals surface area (Å²) < 4.78 is 0.449. The van der Waals surface area contributed by atoms with Gasteiger partial charge in [-0.25, -0.2) is 4.98 Å². The van der Waals surface area contributed by atoms with E-state index in [9.17, 15) is 0 Å². The molecule has 2 rings (SSSR count). The molecule has 84 valence electrons. The highest BCUT2D eigenvalue weighted by molar-refractivity contribution is 8.00. The lowest BCUT2D eigenvalue weighted by atomic mass is 10.1. The molecule has 0 amide bonds. The van der Waals surface area contributed by atoms with Gasteiger partial charge in [0.15, 0.2) is 0 Å². The molecule has 15 heavy (non-hydrogen) atoms. The van der Waals surface area contributed by atoms with Crippen LogP contribution in [0.2, 0.25) is 0 Å². The van der Waals surface area contributed by atoms with Crippen LogP contribution in [0.25, 0.3) is 0 Å². The topological polar surface area (TPSA) is 24.9 Å². The normalized spacial score (nSPS) is 28.1. The van der Waals surface area contributed by atoms with Gasteiger partial charge in [0.25, 0.3) is 0 Å². The molecule has 0 bridgehead atoms. The highest BCUT2D eigenvalue weighted by Gasteiger charge is 2.29. The van der Waals surface area contributed by atoms with Gasteiger partial charge in [0.2, 0.25) is 0 Å². The van der Waals surface area contributed by atoms with Gasteiger partial charge in [-0.15, -0.1) is 11.3 Å². The van der Waals surface area contributed by atoms with Gasteiger partial charge in [-0.1, -0.05) is 0 Å². The Morgan fingerprint density at radius 2 is 2.53 bits per heavy atom. The van der Waals surface area contributed by atoms with E-state index < -0.39 is 0 Å². The van der Waals surface area contributed by atoms with Gasteiger partial charge in [0, 0.05) is 22.7 Å². The standard InChI is InChI=1S/C11H18N2S2/c1-9(10-6-14-8-13-10)12-7-11(2)4-3-5-15-11/h6,8-9,12H,3-5,7H2,1-2H3. The lowest BCUT2D eigenvalue weighted by molar-refractivity contribution is 0.486. The van der Waals surface area contributed by atoms with Crippen LogP contribution in [0.4, 0.5) is 0 Å². The Balaban J connectivity index is 1.83. The number of hydrogen-bond acceptors (Lipinski definition) is 4. The zero-order valence-corrected chi connectivity index (χ0v) is 11.0. The fourth-order valence-corrected chi connectivity index (χ4v) is 3.79. The minimum Gasteiger partial charge on any atom is -0.307 e. The first-order chi connectivity index (χ1) is 7.20. The van der Waals surface area contributed by atoms with Crippen molar-refractivity contribution in [3.05, 3.63) is 16.6 Å². The third-order valence-corrected chi connectivity index (χ3v) is 5.12. The first kappa shape index (κ1) is 11.4. The van der Waals surface area contributed by atoms with Crippen LogP contribution in [0.5, 0.6) is 0 Å². The number of rotatable bonds is 4. The number of nitrogens with one attached hydrogen (secondary N) is 1. The summed E-state index contributed by atoms with van der Waals surface area (Å²) in [6.07, 6.45) is 2.71. The summed E-state index contributed by atoms with van der Waals surface area (Å²) >= 11 is 3.77. The smallest absolute Gasteiger partial charge is 0.0795 e. The van der Waals surface area contributed by atoms with Crippen LogP contribution in [-0.2, 0) is 0 Å². The lowest BCUT2D eigenvalue weighted by Gasteiger charge is -2.25. The van der Waals surface area contributed by atoms with Crippen LogP contribution in [0.3, 0.4) is 0 Å². The molecule has 2 atom stereocenters. The highest BCUT2D eigenvalue weighted by Crippen LogP contribution is 2.37. The van der Waals surface area contributed by atoms with Crippen molar-refractivity contribution >= 4 is 23.1 Å². The van der Waals surface area contributed by atoms with Crippen molar-refractivity contribution < 1.29 is 0 Å². The quantitative estimate of drug-likeness (QED) is 0.878. The zero-order chi connectivity index (χ0) is 10.7. The van der Waals surface area contributed by atoms with Crippen molar-refractivity contribution in [1.29, 1.82) is 0 Å². The fraction of sp³-hybridized carbons (Fsp3) is 0.727. The molecule has 1 saturated heterocycles. The largest absolute Gasteiger partial charge is 0.307 e. The van der Waals surface area contributed by atoms with Crippen LogP contribution in [0.1, 0.15) is 38.4 Å². The van der Waals surface area contributed by atoms with Gasteiger partial charge in [0.1, 0.15) is 0 Å². The second-order valence-corrected chi connectivity index (χ2v) is 6.82. The van der Waals surface area contributed by atoms with E-state index in [0.29, 0.717) is 10.8 Å². The van der Waals surface area contributed by atoms with Gasteiger partial charge in [-0.05, 0) is 32.4 Å². The molecule has 0 saturated carbocycles. The summed E-state index contributed by atoms with van der Waals surface area (Å²) in [5.74, 6) is 1.32. The Morgan fingerprint density at radius 1 is 1.67 bits per heavy atom. The van der Waals surface area contributed by atoms with E-state index in [2.05, 4.69) is 41.3 Å². The Morgan fingerprint density at radius 3 is 3.13 bits per heavy atom. The summed E-state index contributed by atoms with van der Waals surface area (Å²) in [7, 11) is 0. The van der Waals surface area contributed by atoms with Crippen LogP contribution < -0.4 is 5.32 Å². The monoisotopic (exact) mass is 242 g/mol. The number of nitrogens with zero attached hydrogens (tertiary/aromatic N) is 1. The Bertz CT molecular complexity index is 292. The fourth-order valence-electron chi connectivity index (χ4n) is 1.89. The molecule has 4 heteroatoms. The van der Waals surface area contributed by atoms with Gasteiger partial charge in [-0.2, -0.15) is 11.8 Å². The minimum absolute atomic E-state index is 0.384. The zero-order valence-electron chi connectivity index (χ0n) is 9.32. The Labute approximate surface area is 99.9 Å². The molecule has 0 aromatic carbocycles. The summed E-state index contributed by atoms with van der Waals surface area (Å²) in [5.41, 5.74) is 3.08. The van der Waals surface area contributed by atoms with E-state index in [-0.39, 0.29) is 0 Å². The van der Waals surface area contributed by atoms with Gasteiger partial charge in [0.05, 0.1) is 11.2 Å². The first-order valence-corrected chi connectivity index (χ1v) is 7.38. The molecule has 2 nitrogen and oxygen atoms in total. The van der Waals surface area contributed by atoms with Crippen molar-refractivity contribution in [2.45, 2.75) is 37.5 Å². The lowest BCUT2D eigenvalue weighted by Crippen LogP contribution is -2.34. The van der Waals surface area contributed by atoms with Crippen molar-refractivity contribution in [3.63, 3.8) is 0 Å². The van der Waals surface area contributed by atoms with E-state index in [1.807, 2.05) is 5.51 Å². The second-order valence-electron chi connectivity index (χ2n) is 4.42. The molecular formula is C11H18N2S2. The van der Waals surface area contributed by atoms with Crippen molar-refractivity contribution in [2.75, 3.05) is 12.3 Å². The number of hydrogen-bond donors (Lipinski definition) is 1. The van der Waals surface area contributed by atoms with Gasteiger partial charge in [-0.3, -0.25) is 0 Å². The summed E-state index contributed by atoms with van der Waals surface area (Å²) in [5, 5.41) is 5.72. The third kappa shape index (κ3) is 2.95. The number of thioether (sulfide) groups is 1. The number of aromatic nitrogens is 1. The van der Waals surface area contributed by atoms with Crippen LogP contribution in [0.15, 0.2) is 10.9 Å². The van der Waals surface area contributed by atoms with Crippen molar-refractivity contribution in [1.82, 2.24) is 10.3 Å². The van der Waals surface area contributed by atoms with Crippen molar-refractivity contribution in [3.8, 4) is 0 Å². The molecule has 0 radical (unpaired) electrons. The average molecular weight is 242 g/mol. The van der Waals surface area contributed by atoms with E-state index in [1.165, 1.54) is 24.3 Å². The van der Waals surface area contributed by atoms with E-state index >= 15 is 0 Å². The summed E-state index contributed by atoms with van der Waals surface area (Å²) in [6.45, 7) is 5.65. The summed E-state index contributed by atoms with van der Waals surface area (Å²) in [6, 6.07) is 0.384. The first-order valence-electron chi connectivity index (χ1n) is 5.45. The Hall–Kier alpha value is -0.0600. The van der Waals surface area contributed by atoms with Gasteiger partial charge < -0.3 is 5.32 Å². The molecule has 1 aromatic heterocycles. The maximum absolute atomic E-state index is 4.33. The maximum atomic E-state index is 4.33. The molecule has 1 aliphatic rings. The predicted molar refractivity (Wildman–Crippen MR) is 68.6 cm³/mol. The molecule has 1 fully saturated rings. The van der Waals surface area contributed by atoms with E-state index in [0.717, 1.165) is 6.54 Å². The van der Waals surface area contributed by atoms with E-state index in [4.69, 9.17) is 0 Å². The van der Waals surface area contributed by atoms with Gasteiger partial charge >= 0.3 is 0 Å². The van der Waals surface area contributed by atoms with E-state index in [1.54, 1.807) is 11.3 Å². The van der Waals surface area contributed by atoms with Crippen molar-refractivity contribution in [2.24, 2.45) is 0 Å². The second kappa shape index (κ2) is 4.85.